The molecule has 0 N–H and O–H groups in total. The first-order valence-corrected chi connectivity index (χ1v) is 8.71. The highest BCUT2D eigenvalue weighted by Gasteiger charge is 2.35. The Morgan fingerprint density at radius 3 is 2.31 bits per heavy atom. The first-order chi connectivity index (χ1) is 7.76. The molecule has 0 bridgehead atoms. The van der Waals surface area contributed by atoms with Gasteiger partial charge in [0.05, 0.1) is 13.2 Å². The third-order valence-corrected chi connectivity index (χ3v) is 3.52. The van der Waals surface area contributed by atoms with E-state index < -0.39 is 5.97 Å². The maximum absolute atomic E-state index is 5.79. The van der Waals surface area contributed by atoms with Gasteiger partial charge in [-0.05, 0) is 13.8 Å². The van der Waals surface area contributed by atoms with Gasteiger partial charge >= 0.3 is 0 Å². The van der Waals surface area contributed by atoms with Crippen LogP contribution in [0.25, 0.3) is 0 Å². The smallest absolute Gasteiger partial charge is 0.282 e. The second-order valence-corrected chi connectivity index (χ2v) is 5.63. The van der Waals surface area contributed by atoms with E-state index in [4.69, 9.17) is 18.9 Å². The summed E-state index contributed by atoms with van der Waals surface area (Å²) in [6.45, 7) is 8.81. The fourth-order valence-corrected chi connectivity index (χ4v) is 2.35. The molecule has 0 saturated carbocycles. The predicted octanol–water partition coefficient (Wildman–Crippen LogP) is 1.15. The summed E-state index contributed by atoms with van der Waals surface area (Å²) < 4.78 is 22.3. The molecule has 0 spiro atoms. The molecule has 1 aliphatic rings. The third kappa shape index (κ3) is 4.93. The molecule has 1 atom stereocenters. The van der Waals surface area contributed by atoms with Crippen molar-refractivity contribution in [2.24, 2.45) is 0 Å². The lowest BCUT2D eigenvalue weighted by Crippen LogP contribution is -2.40. The van der Waals surface area contributed by atoms with Gasteiger partial charge in [0, 0.05) is 29.2 Å². The van der Waals surface area contributed by atoms with E-state index in [0.29, 0.717) is 19.8 Å². The van der Waals surface area contributed by atoms with Crippen LogP contribution < -0.4 is 0 Å². The fraction of sp³-hybridized carbons (Fsp3) is 1.00. The van der Waals surface area contributed by atoms with E-state index >= 15 is 0 Å². The van der Waals surface area contributed by atoms with Crippen LogP contribution in [-0.4, -0.2) is 48.0 Å². The number of rotatable bonds is 10. The van der Waals surface area contributed by atoms with Crippen LogP contribution in [0.3, 0.4) is 0 Å². The molecule has 1 rings (SSSR count). The van der Waals surface area contributed by atoms with Crippen LogP contribution in [0.4, 0.5) is 0 Å². The summed E-state index contributed by atoms with van der Waals surface area (Å²) in [5.74, 6) is -0.821. The Hall–Kier alpha value is 0.0569. The van der Waals surface area contributed by atoms with Crippen molar-refractivity contribution < 1.29 is 18.9 Å². The van der Waals surface area contributed by atoms with Crippen LogP contribution in [0.15, 0.2) is 0 Å². The molecule has 0 aromatic heterocycles. The van der Waals surface area contributed by atoms with Crippen LogP contribution in [0.5, 0.6) is 0 Å². The average molecular weight is 248 g/mol. The SMILES string of the molecule is CCOC(CC[SiH2]C)(OCC)OCC1CO1. The highest BCUT2D eigenvalue weighted by molar-refractivity contribution is 6.33. The summed E-state index contributed by atoms with van der Waals surface area (Å²) in [5, 5.41) is 0. The standard InChI is InChI=1S/C11H24O4Si/c1-4-13-11(14-5-2,6-7-16-3)15-9-10-8-12-10/h10H,4-9,16H2,1-3H3. The van der Waals surface area contributed by atoms with Crippen molar-refractivity contribution >= 4 is 9.52 Å². The molecular formula is C11H24O4Si. The third-order valence-electron chi connectivity index (χ3n) is 2.46. The van der Waals surface area contributed by atoms with Gasteiger partial charge in [-0.25, -0.2) is 0 Å². The molecule has 4 nitrogen and oxygen atoms in total. The van der Waals surface area contributed by atoms with E-state index in [1.54, 1.807) is 0 Å². The molecule has 1 heterocycles. The second kappa shape index (κ2) is 7.40. The minimum absolute atomic E-state index is 0.00825. The summed E-state index contributed by atoms with van der Waals surface area (Å²) in [4.78, 5) is 0. The molecule has 16 heavy (non-hydrogen) atoms. The van der Waals surface area contributed by atoms with Crippen LogP contribution >= 0.6 is 0 Å². The van der Waals surface area contributed by atoms with Gasteiger partial charge in [0.25, 0.3) is 5.97 Å². The van der Waals surface area contributed by atoms with Crippen LogP contribution in [-0.2, 0) is 18.9 Å². The van der Waals surface area contributed by atoms with Gasteiger partial charge < -0.3 is 18.9 Å². The second-order valence-electron chi connectivity index (χ2n) is 3.92. The Morgan fingerprint density at radius 1 is 1.25 bits per heavy atom. The van der Waals surface area contributed by atoms with Crippen molar-refractivity contribution in [2.45, 2.75) is 44.9 Å². The van der Waals surface area contributed by atoms with Crippen LogP contribution in [0.1, 0.15) is 20.3 Å². The van der Waals surface area contributed by atoms with Gasteiger partial charge in [-0.3, -0.25) is 0 Å². The number of hydrogen-bond donors (Lipinski definition) is 0. The summed E-state index contributed by atoms with van der Waals surface area (Å²) >= 11 is 0. The Labute approximate surface area is 100 Å². The van der Waals surface area contributed by atoms with Gasteiger partial charge in [-0.15, -0.1) is 0 Å². The summed E-state index contributed by atoms with van der Waals surface area (Å²) in [5.41, 5.74) is 0. The molecular weight excluding hydrogens is 224 g/mol. The largest absolute Gasteiger partial charge is 0.371 e. The van der Waals surface area contributed by atoms with Gasteiger partial charge in [0.15, 0.2) is 0 Å². The van der Waals surface area contributed by atoms with Crippen molar-refractivity contribution in [2.75, 3.05) is 26.4 Å². The normalized spacial score (nSPS) is 20.8. The van der Waals surface area contributed by atoms with Gasteiger partial charge in [-0.1, -0.05) is 12.6 Å². The first-order valence-electron chi connectivity index (χ1n) is 6.29. The van der Waals surface area contributed by atoms with Crippen molar-refractivity contribution in [1.82, 2.24) is 0 Å². The van der Waals surface area contributed by atoms with E-state index in [0.717, 1.165) is 13.0 Å². The van der Waals surface area contributed by atoms with Crippen molar-refractivity contribution in [1.29, 1.82) is 0 Å². The van der Waals surface area contributed by atoms with Crippen LogP contribution in [0, 0.1) is 0 Å². The van der Waals surface area contributed by atoms with Crippen molar-refractivity contribution in [3.05, 3.63) is 0 Å². The lowest BCUT2D eigenvalue weighted by atomic mass is 10.4. The number of hydrogen-bond acceptors (Lipinski definition) is 4. The number of epoxide rings is 1. The molecule has 1 fully saturated rings. The minimum atomic E-state index is -0.821. The maximum atomic E-state index is 5.79. The quantitative estimate of drug-likeness (QED) is 0.330. The summed E-state index contributed by atoms with van der Waals surface area (Å²) in [6, 6.07) is 1.17. The number of ether oxygens (including phenoxy) is 4. The minimum Gasteiger partial charge on any atom is -0.371 e. The van der Waals surface area contributed by atoms with Crippen molar-refractivity contribution in [3.63, 3.8) is 0 Å². The molecule has 96 valence electrons. The van der Waals surface area contributed by atoms with E-state index in [9.17, 15) is 0 Å². The zero-order chi connectivity index (χ0) is 11.9. The Balaban J connectivity index is 2.44. The molecule has 0 aromatic rings. The zero-order valence-corrected chi connectivity index (χ0v) is 12.1. The highest BCUT2D eigenvalue weighted by Crippen LogP contribution is 2.24. The predicted molar refractivity (Wildman–Crippen MR) is 65.5 cm³/mol. The molecule has 0 aliphatic carbocycles. The summed E-state index contributed by atoms with van der Waals surface area (Å²) in [7, 11) is 0.00825. The molecule has 5 heteroatoms. The Kier molecular flexibility index (Phi) is 6.53. The fourth-order valence-electron chi connectivity index (χ4n) is 1.56. The van der Waals surface area contributed by atoms with E-state index in [-0.39, 0.29) is 15.6 Å². The topological polar surface area (TPSA) is 40.2 Å². The molecule has 0 aromatic carbocycles. The van der Waals surface area contributed by atoms with E-state index in [1.807, 2.05) is 13.8 Å². The average Bonchev–Trinajstić information content (AvgIpc) is 3.08. The summed E-state index contributed by atoms with van der Waals surface area (Å²) in [6.07, 6.45) is 1.09. The lowest BCUT2D eigenvalue weighted by molar-refractivity contribution is -0.379. The van der Waals surface area contributed by atoms with Crippen LogP contribution in [0.2, 0.25) is 12.6 Å². The zero-order valence-electron chi connectivity index (χ0n) is 10.7. The molecule has 1 aliphatic heterocycles. The van der Waals surface area contributed by atoms with Crippen molar-refractivity contribution in [3.8, 4) is 0 Å². The lowest BCUT2D eigenvalue weighted by Gasteiger charge is -2.32. The molecule has 1 saturated heterocycles. The van der Waals surface area contributed by atoms with E-state index in [1.165, 1.54) is 6.04 Å². The van der Waals surface area contributed by atoms with Gasteiger partial charge in [0.1, 0.15) is 6.10 Å². The first kappa shape index (κ1) is 14.1. The monoisotopic (exact) mass is 248 g/mol. The van der Waals surface area contributed by atoms with E-state index in [2.05, 4.69) is 6.55 Å². The maximum Gasteiger partial charge on any atom is 0.282 e. The van der Waals surface area contributed by atoms with Gasteiger partial charge in [0.2, 0.25) is 0 Å². The molecule has 0 amide bonds. The molecule has 0 radical (unpaired) electrons. The molecule has 1 unspecified atom stereocenters. The Morgan fingerprint density at radius 2 is 1.88 bits per heavy atom. The highest BCUT2D eigenvalue weighted by atomic mass is 28.2. The Bertz CT molecular complexity index is 179. The van der Waals surface area contributed by atoms with Gasteiger partial charge in [-0.2, -0.15) is 0 Å².